The molecule has 5 heteroatoms. The van der Waals surface area contributed by atoms with Crippen molar-refractivity contribution in [2.24, 2.45) is 5.92 Å². The van der Waals surface area contributed by atoms with Crippen LogP contribution < -0.4 is 10.2 Å². The van der Waals surface area contributed by atoms with Crippen LogP contribution in [0.5, 0.6) is 0 Å². The summed E-state index contributed by atoms with van der Waals surface area (Å²) in [7, 11) is 0. The highest BCUT2D eigenvalue weighted by Crippen LogP contribution is 2.28. The van der Waals surface area contributed by atoms with Crippen LogP contribution >= 0.6 is 11.6 Å². The fraction of sp³-hybridized carbons (Fsp3) is 0.222. The molecule has 1 aliphatic rings. The van der Waals surface area contributed by atoms with Crippen LogP contribution in [0.15, 0.2) is 48.5 Å². The van der Waals surface area contributed by atoms with Crippen molar-refractivity contribution >= 4 is 34.8 Å². The Hall–Kier alpha value is -2.33. The predicted molar refractivity (Wildman–Crippen MR) is 91.7 cm³/mol. The molecule has 0 aliphatic carbocycles. The third-order valence-electron chi connectivity index (χ3n) is 4.01. The SMILES string of the molecule is Cc1ccccc1N1C[C@H](C(=O)Nc2ccc(Cl)cc2)CC1=O. The molecule has 2 amide bonds. The first-order valence-corrected chi connectivity index (χ1v) is 7.85. The average molecular weight is 329 g/mol. The highest BCUT2D eigenvalue weighted by atomic mass is 35.5. The number of anilines is 2. The lowest BCUT2D eigenvalue weighted by Gasteiger charge is -2.19. The van der Waals surface area contributed by atoms with Gasteiger partial charge >= 0.3 is 0 Å². The van der Waals surface area contributed by atoms with Crippen molar-refractivity contribution in [3.8, 4) is 0 Å². The summed E-state index contributed by atoms with van der Waals surface area (Å²) >= 11 is 5.83. The lowest BCUT2D eigenvalue weighted by molar-refractivity contribution is -0.122. The van der Waals surface area contributed by atoms with Gasteiger partial charge in [-0.2, -0.15) is 0 Å². The van der Waals surface area contributed by atoms with Gasteiger partial charge in [-0.05, 0) is 42.8 Å². The van der Waals surface area contributed by atoms with E-state index in [0.29, 0.717) is 17.3 Å². The lowest BCUT2D eigenvalue weighted by Crippen LogP contribution is -2.28. The van der Waals surface area contributed by atoms with Gasteiger partial charge < -0.3 is 10.2 Å². The Kier molecular flexibility index (Phi) is 4.35. The molecule has 1 N–H and O–H groups in total. The maximum atomic E-state index is 12.4. The molecular weight excluding hydrogens is 312 g/mol. The van der Waals surface area contributed by atoms with Crippen molar-refractivity contribution in [3.63, 3.8) is 0 Å². The van der Waals surface area contributed by atoms with Crippen LogP contribution in [-0.4, -0.2) is 18.4 Å². The summed E-state index contributed by atoms with van der Waals surface area (Å²) in [6, 6.07) is 14.6. The summed E-state index contributed by atoms with van der Waals surface area (Å²) in [5, 5.41) is 3.46. The number of carbonyl (C=O) groups is 2. The van der Waals surface area contributed by atoms with Crippen molar-refractivity contribution < 1.29 is 9.59 Å². The number of hydrogen-bond donors (Lipinski definition) is 1. The zero-order valence-corrected chi connectivity index (χ0v) is 13.5. The zero-order chi connectivity index (χ0) is 16.4. The monoisotopic (exact) mass is 328 g/mol. The largest absolute Gasteiger partial charge is 0.326 e. The molecule has 1 atom stereocenters. The number of para-hydroxylation sites is 1. The Balaban J connectivity index is 1.71. The van der Waals surface area contributed by atoms with Crippen molar-refractivity contribution in [2.75, 3.05) is 16.8 Å². The Bertz CT molecular complexity index is 743. The Labute approximate surface area is 140 Å². The third kappa shape index (κ3) is 3.37. The molecule has 0 bridgehead atoms. The average Bonchev–Trinajstić information content (AvgIpc) is 2.92. The van der Waals surface area contributed by atoms with Crippen molar-refractivity contribution in [2.45, 2.75) is 13.3 Å². The van der Waals surface area contributed by atoms with Crippen molar-refractivity contribution in [3.05, 3.63) is 59.1 Å². The standard InChI is InChI=1S/C18H17ClN2O2/c1-12-4-2-3-5-16(12)21-11-13(10-17(21)22)18(23)20-15-8-6-14(19)7-9-15/h2-9,13H,10-11H2,1H3,(H,20,23)/t13-/m1/s1. The molecule has 1 heterocycles. The Morgan fingerprint density at radius 3 is 2.57 bits per heavy atom. The lowest BCUT2D eigenvalue weighted by atomic mass is 10.1. The van der Waals surface area contributed by atoms with E-state index in [1.54, 1.807) is 29.2 Å². The zero-order valence-electron chi connectivity index (χ0n) is 12.8. The van der Waals surface area contributed by atoms with Gasteiger partial charge in [-0.3, -0.25) is 9.59 Å². The normalized spacial score (nSPS) is 17.4. The first kappa shape index (κ1) is 15.6. The second-order valence-corrected chi connectivity index (χ2v) is 6.12. The minimum absolute atomic E-state index is 0.0180. The number of nitrogens with zero attached hydrogens (tertiary/aromatic N) is 1. The Morgan fingerprint density at radius 2 is 1.87 bits per heavy atom. The number of aryl methyl sites for hydroxylation is 1. The second-order valence-electron chi connectivity index (χ2n) is 5.69. The minimum atomic E-state index is -0.349. The molecular formula is C18H17ClN2O2. The number of carbonyl (C=O) groups excluding carboxylic acids is 2. The maximum absolute atomic E-state index is 12.4. The summed E-state index contributed by atoms with van der Waals surface area (Å²) in [5.41, 5.74) is 2.58. The molecule has 0 spiro atoms. The van der Waals surface area contributed by atoms with E-state index < -0.39 is 0 Å². The van der Waals surface area contributed by atoms with Gasteiger partial charge in [-0.15, -0.1) is 0 Å². The van der Waals surface area contributed by atoms with Gasteiger partial charge in [0.1, 0.15) is 0 Å². The molecule has 1 fully saturated rings. The molecule has 23 heavy (non-hydrogen) atoms. The van der Waals surface area contributed by atoms with E-state index >= 15 is 0 Å². The smallest absolute Gasteiger partial charge is 0.229 e. The van der Waals surface area contributed by atoms with Gasteiger partial charge in [0.05, 0.1) is 5.92 Å². The number of benzene rings is 2. The van der Waals surface area contributed by atoms with Gasteiger partial charge in [0.25, 0.3) is 0 Å². The molecule has 0 saturated carbocycles. The fourth-order valence-electron chi connectivity index (χ4n) is 2.76. The van der Waals surface area contributed by atoms with Crippen LogP contribution in [-0.2, 0) is 9.59 Å². The molecule has 1 saturated heterocycles. The van der Waals surface area contributed by atoms with Crippen molar-refractivity contribution in [1.82, 2.24) is 0 Å². The summed E-state index contributed by atoms with van der Waals surface area (Å²) in [4.78, 5) is 26.3. The quantitative estimate of drug-likeness (QED) is 0.935. The van der Waals surface area contributed by atoms with E-state index in [-0.39, 0.29) is 24.2 Å². The second kappa shape index (κ2) is 6.42. The summed E-state index contributed by atoms with van der Waals surface area (Å²) < 4.78 is 0. The third-order valence-corrected chi connectivity index (χ3v) is 4.27. The van der Waals surface area contributed by atoms with Crippen molar-refractivity contribution in [1.29, 1.82) is 0 Å². The van der Waals surface area contributed by atoms with Gasteiger partial charge in [0.2, 0.25) is 11.8 Å². The topological polar surface area (TPSA) is 49.4 Å². The minimum Gasteiger partial charge on any atom is -0.326 e. The molecule has 4 nitrogen and oxygen atoms in total. The first-order chi connectivity index (χ1) is 11.0. The number of amides is 2. The van der Waals surface area contributed by atoms with E-state index in [1.807, 2.05) is 31.2 Å². The predicted octanol–water partition coefficient (Wildman–Crippen LogP) is 3.64. The maximum Gasteiger partial charge on any atom is 0.229 e. The summed E-state index contributed by atoms with van der Waals surface area (Å²) in [5.74, 6) is -0.509. The number of nitrogens with one attached hydrogen (secondary N) is 1. The molecule has 1 aliphatic heterocycles. The van der Waals surface area contributed by atoms with E-state index in [2.05, 4.69) is 5.32 Å². The summed E-state index contributed by atoms with van der Waals surface area (Å²) in [6.45, 7) is 2.37. The van der Waals surface area contributed by atoms with Gasteiger partial charge in [0.15, 0.2) is 0 Å². The van der Waals surface area contributed by atoms with Crippen LogP contribution in [0.3, 0.4) is 0 Å². The van der Waals surface area contributed by atoms with Crippen LogP contribution in [0.25, 0.3) is 0 Å². The molecule has 0 aromatic heterocycles. The molecule has 118 valence electrons. The molecule has 2 aromatic rings. The van der Waals surface area contributed by atoms with E-state index in [9.17, 15) is 9.59 Å². The molecule has 0 radical (unpaired) electrons. The van der Waals surface area contributed by atoms with Crippen LogP contribution in [0.1, 0.15) is 12.0 Å². The molecule has 0 unspecified atom stereocenters. The number of hydrogen-bond acceptors (Lipinski definition) is 2. The highest BCUT2D eigenvalue weighted by molar-refractivity contribution is 6.30. The van der Waals surface area contributed by atoms with Gasteiger partial charge in [-0.25, -0.2) is 0 Å². The van der Waals surface area contributed by atoms with Crippen LogP contribution in [0.4, 0.5) is 11.4 Å². The van der Waals surface area contributed by atoms with Crippen LogP contribution in [0, 0.1) is 12.8 Å². The van der Waals surface area contributed by atoms with Gasteiger partial charge in [0, 0.05) is 29.4 Å². The van der Waals surface area contributed by atoms with Crippen LogP contribution in [0.2, 0.25) is 5.02 Å². The molecule has 2 aromatic carbocycles. The number of rotatable bonds is 3. The van der Waals surface area contributed by atoms with Gasteiger partial charge in [-0.1, -0.05) is 29.8 Å². The molecule has 3 rings (SSSR count). The Morgan fingerprint density at radius 1 is 1.17 bits per heavy atom. The number of halogens is 1. The fourth-order valence-corrected chi connectivity index (χ4v) is 2.89. The van der Waals surface area contributed by atoms with E-state index in [0.717, 1.165) is 11.3 Å². The first-order valence-electron chi connectivity index (χ1n) is 7.47. The highest BCUT2D eigenvalue weighted by Gasteiger charge is 2.35. The van der Waals surface area contributed by atoms with E-state index in [1.165, 1.54) is 0 Å². The summed E-state index contributed by atoms with van der Waals surface area (Å²) in [6.07, 6.45) is 0.230. The van der Waals surface area contributed by atoms with E-state index in [4.69, 9.17) is 11.6 Å².